The molecule has 182 valence electrons. The first kappa shape index (κ1) is 21.7. The van der Waals surface area contributed by atoms with E-state index in [9.17, 15) is 0 Å². The van der Waals surface area contributed by atoms with Crippen LogP contribution in [-0.2, 0) is 0 Å². The van der Waals surface area contributed by atoms with E-state index >= 15 is 0 Å². The van der Waals surface area contributed by atoms with Crippen molar-refractivity contribution in [3.05, 3.63) is 134 Å². The summed E-state index contributed by atoms with van der Waals surface area (Å²) >= 11 is 0. The minimum Gasteiger partial charge on any atom is -0.293 e. The monoisotopic (exact) mass is 498 g/mol. The maximum Gasteiger partial charge on any atom is 0.162 e. The zero-order chi connectivity index (χ0) is 25.8. The first-order valence-electron chi connectivity index (χ1n) is 13.0. The Morgan fingerprint density at radius 3 is 2.05 bits per heavy atom. The van der Waals surface area contributed by atoms with Crippen molar-refractivity contribution < 1.29 is 0 Å². The number of hydrogen-bond donors (Lipinski definition) is 0. The predicted molar refractivity (Wildman–Crippen MR) is 160 cm³/mol. The van der Waals surface area contributed by atoms with Gasteiger partial charge in [0.25, 0.3) is 0 Å². The molecule has 0 unspecified atom stereocenters. The van der Waals surface area contributed by atoms with Crippen LogP contribution in [0.15, 0.2) is 134 Å². The summed E-state index contributed by atoms with van der Waals surface area (Å²) in [6, 6.07) is 43.9. The SMILES string of the molecule is c1ccc(-c2cc(-n3c4ccc5ccccc5c4c4cnc5ccccc5c43)nc(-c3ccccc3)n2)cc1. The van der Waals surface area contributed by atoms with Crippen molar-refractivity contribution in [2.24, 2.45) is 0 Å². The highest BCUT2D eigenvalue weighted by molar-refractivity contribution is 6.25. The van der Waals surface area contributed by atoms with Crippen molar-refractivity contribution in [1.29, 1.82) is 0 Å². The van der Waals surface area contributed by atoms with Gasteiger partial charge in [-0.25, -0.2) is 9.97 Å². The minimum absolute atomic E-state index is 0.695. The second-order valence-electron chi connectivity index (χ2n) is 9.72. The third kappa shape index (κ3) is 3.42. The van der Waals surface area contributed by atoms with Gasteiger partial charge in [0.15, 0.2) is 5.82 Å². The zero-order valence-corrected chi connectivity index (χ0v) is 21.0. The molecule has 0 bridgehead atoms. The van der Waals surface area contributed by atoms with E-state index in [2.05, 4.69) is 89.5 Å². The van der Waals surface area contributed by atoms with Crippen LogP contribution < -0.4 is 0 Å². The first-order chi connectivity index (χ1) is 19.3. The number of aromatic nitrogens is 4. The van der Waals surface area contributed by atoms with Gasteiger partial charge in [0.2, 0.25) is 0 Å². The van der Waals surface area contributed by atoms with Crippen molar-refractivity contribution in [2.45, 2.75) is 0 Å². The molecule has 4 heteroatoms. The molecule has 4 nitrogen and oxygen atoms in total. The van der Waals surface area contributed by atoms with Crippen LogP contribution in [0, 0.1) is 0 Å². The molecular formula is C35H22N4. The molecule has 0 aliphatic carbocycles. The van der Waals surface area contributed by atoms with E-state index in [-0.39, 0.29) is 0 Å². The molecule has 8 aromatic rings. The molecule has 3 aromatic heterocycles. The van der Waals surface area contributed by atoms with Gasteiger partial charge in [-0.05, 0) is 22.9 Å². The Balaban J connectivity index is 1.55. The standard InChI is InChI=1S/C35H22N4/c1-3-12-24(13-4-1)30-21-32(38-35(37-30)25-14-5-2-6-15-25)39-31-20-19-23-11-7-8-16-26(23)33(31)28-22-36-29-18-10-9-17-27(29)34(28)39/h1-22H. The lowest BCUT2D eigenvalue weighted by Crippen LogP contribution is -2.03. The van der Waals surface area contributed by atoms with Crippen LogP contribution in [-0.4, -0.2) is 19.5 Å². The van der Waals surface area contributed by atoms with E-state index in [1.54, 1.807) is 0 Å². The highest BCUT2D eigenvalue weighted by Crippen LogP contribution is 2.39. The number of hydrogen-bond acceptors (Lipinski definition) is 3. The van der Waals surface area contributed by atoms with E-state index in [0.29, 0.717) is 5.82 Å². The molecule has 0 radical (unpaired) electrons. The Morgan fingerprint density at radius 2 is 1.23 bits per heavy atom. The van der Waals surface area contributed by atoms with Gasteiger partial charge in [-0.15, -0.1) is 0 Å². The van der Waals surface area contributed by atoms with Crippen LogP contribution in [0.1, 0.15) is 0 Å². The molecule has 0 saturated heterocycles. The lowest BCUT2D eigenvalue weighted by Gasteiger charge is -2.13. The fourth-order valence-electron chi connectivity index (χ4n) is 5.66. The Hall–Kier alpha value is -5.35. The van der Waals surface area contributed by atoms with Crippen LogP contribution in [0.3, 0.4) is 0 Å². The number of benzene rings is 5. The third-order valence-corrected chi connectivity index (χ3v) is 7.43. The Morgan fingerprint density at radius 1 is 0.538 bits per heavy atom. The van der Waals surface area contributed by atoms with Gasteiger partial charge in [0.1, 0.15) is 5.82 Å². The molecule has 3 heterocycles. The highest BCUT2D eigenvalue weighted by atomic mass is 15.1. The molecule has 0 atom stereocenters. The fraction of sp³-hybridized carbons (Fsp3) is 0. The molecule has 0 fully saturated rings. The Kier molecular flexibility index (Phi) is 4.79. The van der Waals surface area contributed by atoms with Gasteiger partial charge < -0.3 is 0 Å². The fourth-order valence-corrected chi connectivity index (χ4v) is 5.66. The normalized spacial score (nSPS) is 11.6. The van der Waals surface area contributed by atoms with Crippen LogP contribution in [0.4, 0.5) is 0 Å². The van der Waals surface area contributed by atoms with Gasteiger partial charge in [-0.2, -0.15) is 0 Å². The molecule has 5 aromatic carbocycles. The lowest BCUT2D eigenvalue weighted by molar-refractivity contribution is 1.05. The van der Waals surface area contributed by atoms with Crippen molar-refractivity contribution >= 4 is 43.5 Å². The predicted octanol–water partition coefficient (Wildman–Crippen LogP) is 8.61. The van der Waals surface area contributed by atoms with Gasteiger partial charge in [-0.1, -0.05) is 109 Å². The average Bonchev–Trinajstić information content (AvgIpc) is 3.37. The highest BCUT2D eigenvalue weighted by Gasteiger charge is 2.20. The maximum atomic E-state index is 5.19. The van der Waals surface area contributed by atoms with Gasteiger partial charge in [-0.3, -0.25) is 9.55 Å². The Bertz CT molecular complexity index is 2110. The first-order valence-corrected chi connectivity index (χ1v) is 13.0. The summed E-state index contributed by atoms with van der Waals surface area (Å²) in [6.45, 7) is 0. The van der Waals surface area contributed by atoms with Crippen LogP contribution in [0.25, 0.3) is 71.9 Å². The van der Waals surface area contributed by atoms with E-state index in [4.69, 9.17) is 15.0 Å². The summed E-state index contributed by atoms with van der Waals surface area (Å²) in [6.07, 6.45) is 2.01. The quantitative estimate of drug-likeness (QED) is 0.245. The van der Waals surface area contributed by atoms with Crippen LogP contribution in [0.2, 0.25) is 0 Å². The number of nitrogens with zero attached hydrogens (tertiary/aromatic N) is 4. The minimum atomic E-state index is 0.695. The Labute approximate surface area is 224 Å². The van der Waals surface area contributed by atoms with E-state index in [1.165, 1.54) is 16.2 Å². The van der Waals surface area contributed by atoms with E-state index in [1.807, 2.05) is 48.7 Å². The molecule has 8 rings (SSSR count). The van der Waals surface area contributed by atoms with E-state index in [0.717, 1.165) is 50.0 Å². The summed E-state index contributed by atoms with van der Waals surface area (Å²) < 4.78 is 2.29. The summed E-state index contributed by atoms with van der Waals surface area (Å²) in [4.78, 5) is 15.1. The number of fused-ring (bicyclic) bond motifs is 7. The lowest BCUT2D eigenvalue weighted by atomic mass is 10.0. The van der Waals surface area contributed by atoms with Crippen molar-refractivity contribution in [2.75, 3.05) is 0 Å². The third-order valence-electron chi connectivity index (χ3n) is 7.43. The molecule has 0 saturated carbocycles. The zero-order valence-electron chi connectivity index (χ0n) is 21.0. The summed E-state index contributed by atoms with van der Waals surface area (Å²) in [7, 11) is 0. The van der Waals surface area contributed by atoms with Gasteiger partial charge >= 0.3 is 0 Å². The topological polar surface area (TPSA) is 43.6 Å². The summed E-state index contributed by atoms with van der Waals surface area (Å²) in [5.74, 6) is 1.52. The molecule has 39 heavy (non-hydrogen) atoms. The van der Waals surface area contributed by atoms with Crippen molar-refractivity contribution in [1.82, 2.24) is 19.5 Å². The molecule has 0 spiro atoms. The van der Waals surface area contributed by atoms with Crippen molar-refractivity contribution in [3.63, 3.8) is 0 Å². The molecule has 0 aliphatic rings. The number of pyridine rings is 1. The average molecular weight is 499 g/mol. The summed E-state index contributed by atoms with van der Waals surface area (Å²) in [5.41, 5.74) is 6.07. The summed E-state index contributed by atoms with van der Waals surface area (Å²) in [5, 5.41) is 5.80. The van der Waals surface area contributed by atoms with Crippen molar-refractivity contribution in [3.8, 4) is 28.5 Å². The molecule has 0 aliphatic heterocycles. The largest absolute Gasteiger partial charge is 0.293 e. The molecule has 0 amide bonds. The number of rotatable bonds is 3. The molecular weight excluding hydrogens is 476 g/mol. The molecule has 0 N–H and O–H groups in total. The van der Waals surface area contributed by atoms with Gasteiger partial charge in [0, 0.05) is 39.5 Å². The smallest absolute Gasteiger partial charge is 0.162 e. The second-order valence-corrected chi connectivity index (χ2v) is 9.72. The number of para-hydroxylation sites is 1. The maximum absolute atomic E-state index is 5.19. The van der Waals surface area contributed by atoms with E-state index < -0.39 is 0 Å². The van der Waals surface area contributed by atoms with Crippen LogP contribution >= 0.6 is 0 Å². The second kappa shape index (κ2) is 8.61. The van der Waals surface area contributed by atoms with Crippen LogP contribution in [0.5, 0.6) is 0 Å². The van der Waals surface area contributed by atoms with Gasteiger partial charge in [0.05, 0.1) is 22.2 Å².